The molecular formula is C18H22AlN5O4. The van der Waals surface area contributed by atoms with Crippen molar-refractivity contribution in [1.82, 2.24) is 14.7 Å². The highest BCUT2D eigenvalue weighted by molar-refractivity contribution is 6.22. The molecule has 0 unspecified atom stereocenters. The van der Waals surface area contributed by atoms with Crippen molar-refractivity contribution < 1.29 is 14.8 Å². The number of nitroso groups, excluding NO2 is 1. The fourth-order valence-electron chi connectivity index (χ4n) is 2.88. The zero-order valence-corrected chi connectivity index (χ0v) is 14.6. The molecule has 1 aromatic rings. The molecule has 0 amide bonds. The summed E-state index contributed by atoms with van der Waals surface area (Å²) in [5.41, 5.74) is 2.25. The van der Waals surface area contributed by atoms with Gasteiger partial charge in [0.15, 0.2) is 17.4 Å². The molecule has 0 bridgehead atoms. The number of Topliss-reactive ketones (excluding diaryl/α,β-unsaturated/α-hetero) is 1. The summed E-state index contributed by atoms with van der Waals surface area (Å²) in [4.78, 5) is 40.2. The lowest BCUT2D eigenvalue weighted by Crippen LogP contribution is -2.29. The van der Waals surface area contributed by atoms with Gasteiger partial charge in [0.05, 0.1) is 16.7 Å². The quantitative estimate of drug-likeness (QED) is 0.234. The molecule has 3 heterocycles. The molecular weight excluding hydrogens is 377 g/mol. The Morgan fingerprint density at radius 1 is 0.857 bits per heavy atom. The summed E-state index contributed by atoms with van der Waals surface area (Å²) in [5, 5.41) is 11.3. The van der Waals surface area contributed by atoms with Crippen LogP contribution in [0.15, 0.2) is 58.8 Å². The van der Waals surface area contributed by atoms with Crippen molar-refractivity contribution in [2.24, 2.45) is 5.29 Å². The van der Waals surface area contributed by atoms with Crippen LogP contribution in [0.2, 0.25) is 0 Å². The Morgan fingerprint density at radius 2 is 1.39 bits per heavy atom. The van der Waals surface area contributed by atoms with Crippen molar-refractivity contribution in [1.29, 1.82) is 0 Å². The lowest BCUT2D eigenvalue weighted by molar-refractivity contribution is -0.117. The normalized spacial score (nSPS) is 19.3. The zero-order valence-electron chi connectivity index (χ0n) is 14.6. The Balaban J connectivity index is 0.000000178. The molecule has 28 heavy (non-hydrogen) atoms. The van der Waals surface area contributed by atoms with E-state index in [2.05, 4.69) is 5.29 Å². The molecule has 0 saturated carbocycles. The number of nitrogens with zero attached hydrogens (tertiary/aromatic N) is 5. The molecule has 5 rings (SSSR count). The summed E-state index contributed by atoms with van der Waals surface area (Å²) >= 11 is 0. The van der Waals surface area contributed by atoms with Gasteiger partial charge in [-0.3, -0.25) is 14.8 Å². The third-order valence-electron chi connectivity index (χ3n) is 4.55. The Bertz CT molecular complexity index is 845. The van der Waals surface area contributed by atoms with E-state index in [9.17, 15) is 14.5 Å². The van der Waals surface area contributed by atoms with Crippen LogP contribution in [0.1, 0.15) is 0 Å². The largest absolute Gasteiger partial charge is 0.365 e. The van der Waals surface area contributed by atoms with E-state index in [-0.39, 0.29) is 34.1 Å². The molecule has 4 aliphatic rings. The maximum absolute atomic E-state index is 12.4. The summed E-state index contributed by atoms with van der Waals surface area (Å²) < 4.78 is 0. The van der Waals surface area contributed by atoms with E-state index in [1.807, 2.05) is 14.7 Å². The Labute approximate surface area is 172 Å². The fourth-order valence-corrected chi connectivity index (χ4v) is 2.88. The van der Waals surface area contributed by atoms with Crippen LogP contribution in [-0.4, -0.2) is 88.1 Å². The predicted octanol–water partition coefficient (Wildman–Crippen LogP) is -0.440. The minimum absolute atomic E-state index is 0. The van der Waals surface area contributed by atoms with Gasteiger partial charge >= 0.3 is 0 Å². The SMILES string of the molecule is O=C1C=C(N2CC2)C(=O)C(N2CC2)=C1N1CC1.O=NN(O)c1ccccc1.[AlH3]. The summed E-state index contributed by atoms with van der Waals surface area (Å²) in [6.07, 6.45) is 1.52. The van der Waals surface area contributed by atoms with Gasteiger partial charge in [-0.05, 0) is 12.1 Å². The lowest BCUT2D eigenvalue weighted by atomic mass is 10.0. The van der Waals surface area contributed by atoms with Crippen molar-refractivity contribution in [3.05, 3.63) is 58.4 Å². The van der Waals surface area contributed by atoms with E-state index < -0.39 is 0 Å². The van der Waals surface area contributed by atoms with Crippen LogP contribution in [0, 0.1) is 4.91 Å². The van der Waals surface area contributed by atoms with Gasteiger partial charge in [-0.25, -0.2) is 0 Å². The van der Waals surface area contributed by atoms with Crippen LogP contribution in [-0.2, 0) is 9.59 Å². The smallest absolute Gasteiger partial charge is 0.227 e. The van der Waals surface area contributed by atoms with E-state index in [1.165, 1.54) is 6.08 Å². The van der Waals surface area contributed by atoms with Crippen molar-refractivity contribution in [2.75, 3.05) is 44.4 Å². The minimum atomic E-state index is 0. The van der Waals surface area contributed by atoms with Gasteiger partial charge in [-0.1, -0.05) is 18.2 Å². The number of rotatable bonds is 5. The van der Waals surface area contributed by atoms with Crippen LogP contribution < -0.4 is 5.17 Å². The second-order valence-corrected chi connectivity index (χ2v) is 6.59. The molecule has 1 N–H and O–H groups in total. The average molecular weight is 399 g/mol. The zero-order chi connectivity index (χ0) is 19.0. The second kappa shape index (κ2) is 8.14. The number of benzene rings is 1. The second-order valence-electron chi connectivity index (χ2n) is 6.59. The van der Waals surface area contributed by atoms with E-state index in [0.717, 1.165) is 39.3 Å². The maximum Gasteiger partial charge on any atom is 0.227 e. The van der Waals surface area contributed by atoms with Crippen molar-refractivity contribution in [2.45, 2.75) is 0 Å². The molecule has 0 spiro atoms. The minimum Gasteiger partial charge on any atom is -0.365 e. The standard InChI is InChI=1S/C12H13N3O2.C6H6N2O2.Al.3H/c16-9-7-8(13-1-2-13)12(17)11(15-5-6-15)10(9)14-3-4-14;9-7-8(10)6-4-2-1-3-5-6;;;;/h7H,1-6H2;1-5,10H;;;;. The average Bonchev–Trinajstić information content (AvgIpc) is 3.53. The monoisotopic (exact) mass is 399 g/mol. The van der Waals surface area contributed by atoms with Gasteiger partial charge in [0.1, 0.15) is 11.4 Å². The van der Waals surface area contributed by atoms with Gasteiger partial charge in [0, 0.05) is 45.3 Å². The number of hydrogen-bond donors (Lipinski definition) is 1. The van der Waals surface area contributed by atoms with Crippen LogP contribution >= 0.6 is 0 Å². The Hall–Kier alpha value is -2.67. The third kappa shape index (κ3) is 4.25. The number of para-hydroxylation sites is 1. The Kier molecular flexibility index (Phi) is 5.84. The van der Waals surface area contributed by atoms with Gasteiger partial charge in [0.2, 0.25) is 11.6 Å². The van der Waals surface area contributed by atoms with Gasteiger partial charge in [-0.2, -0.15) is 0 Å². The summed E-state index contributed by atoms with van der Waals surface area (Å²) in [6.45, 7) is 5.41. The highest BCUT2D eigenvalue weighted by Crippen LogP contribution is 2.33. The van der Waals surface area contributed by atoms with E-state index in [1.54, 1.807) is 30.3 Å². The molecule has 3 aliphatic heterocycles. The molecule has 3 fully saturated rings. The van der Waals surface area contributed by atoms with Crippen molar-refractivity contribution in [3.63, 3.8) is 0 Å². The van der Waals surface area contributed by atoms with Gasteiger partial charge < -0.3 is 14.7 Å². The molecule has 0 radical (unpaired) electrons. The highest BCUT2D eigenvalue weighted by atomic mass is 27.0. The number of ketones is 2. The first-order chi connectivity index (χ1) is 13.1. The van der Waals surface area contributed by atoms with Crippen molar-refractivity contribution >= 4 is 34.6 Å². The first kappa shape index (κ1) is 20.1. The predicted molar refractivity (Wildman–Crippen MR) is 106 cm³/mol. The number of hydrogen-bond acceptors (Lipinski definition) is 8. The maximum atomic E-state index is 12.4. The van der Waals surface area contributed by atoms with Gasteiger partial charge in [-0.15, -0.1) is 10.1 Å². The molecule has 146 valence electrons. The van der Waals surface area contributed by atoms with Crippen LogP contribution in [0.25, 0.3) is 0 Å². The summed E-state index contributed by atoms with van der Waals surface area (Å²) in [5.74, 6) is 0.0485. The van der Waals surface area contributed by atoms with E-state index >= 15 is 0 Å². The molecule has 10 heteroatoms. The first-order valence-corrected chi connectivity index (χ1v) is 8.77. The fraction of sp³-hybridized carbons (Fsp3) is 0.333. The molecule has 0 aromatic heterocycles. The number of anilines is 1. The molecule has 1 aliphatic carbocycles. The van der Waals surface area contributed by atoms with Crippen molar-refractivity contribution in [3.8, 4) is 0 Å². The molecule has 3 saturated heterocycles. The Morgan fingerprint density at radius 3 is 1.89 bits per heavy atom. The number of carbonyl (C=O) groups is 2. The lowest BCUT2D eigenvalue weighted by Gasteiger charge is -2.21. The number of allylic oxidation sites excluding steroid dienone is 1. The van der Waals surface area contributed by atoms with E-state index in [0.29, 0.717) is 22.8 Å². The van der Waals surface area contributed by atoms with E-state index in [4.69, 9.17) is 5.21 Å². The van der Waals surface area contributed by atoms with Crippen LogP contribution in [0.4, 0.5) is 5.69 Å². The van der Waals surface area contributed by atoms with Gasteiger partial charge in [0.25, 0.3) is 0 Å². The topological polar surface area (TPSA) is 96.1 Å². The summed E-state index contributed by atoms with van der Waals surface area (Å²) in [6, 6.07) is 8.32. The first-order valence-electron chi connectivity index (χ1n) is 8.77. The molecule has 0 atom stereocenters. The third-order valence-corrected chi connectivity index (χ3v) is 4.55. The van der Waals surface area contributed by atoms with Crippen LogP contribution in [0.3, 0.4) is 0 Å². The molecule has 1 aromatic carbocycles. The van der Waals surface area contributed by atoms with Crippen LogP contribution in [0.5, 0.6) is 0 Å². The highest BCUT2D eigenvalue weighted by Gasteiger charge is 2.43. The molecule has 9 nitrogen and oxygen atoms in total. The number of carbonyl (C=O) groups excluding carboxylic acids is 2. The summed E-state index contributed by atoms with van der Waals surface area (Å²) in [7, 11) is 0.